The van der Waals surface area contributed by atoms with Crippen LogP contribution in [-0.4, -0.2) is 27.2 Å². The molecule has 2 heterocycles. The molecule has 2 N–H and O–H groups in total. The molecule has 0 radical (unpaired) electrons. The number of aliphatic hydroxyl groups is 1. The third kappa shape index (κ3) is 5.02. The molecular formula is C35H37N3O2. The monoisotopic (exact) mass is 531 g/mol. The molecule has 2 atom stereocenters. The largest absolute Gasteiger partial charge is 0.394 e. The first-order valence-electron chi connectivity index (χ1n) is 14.4. The van der Waals surface area contributed by atoms with Crippen LogP contribution < -0.4 is 5.32 Å². The molecule has 0 aliphatic heterocycles. The highest BCUT2D eigenvalue weighted by Crippen LogP contribution is 2.38. The maximum atomic E-state index is 13.7. The molecule has 1 aliphatic carbocycles. The minimum Gasteiger partial charge on any atom is -0.394 e. The summed E-state index contributed by atoms with van der Waals surface area (Å²) in [5, 5.41) is 15.7. The zero-order valence-electron chi connectivity index (χ0n) is 23.3. The number of hydrogen-bond acceptors (Lipinski definition) is 3. The van der Waals surface area contributed by atoms with E-state index >= 15 is 0 Å². The molecule has 1 fully saturated rings. The molecule has 1 amide bonds. The van der Waals surface area contributed by atoms with E-state index in [1.54, 1.807) is 0 Å². The van der Waals surface area contributed by atoms with Crippen molar-refractivity contribution in [2.24, 2.45) is 5.92 Å². The minimum atomic E-state index is -0.411. The number of carbonyl (C=O) groups is 1. The molecule has 2 aromatic heterocycles. The molecule has 5 nitrogen and oxygen atoms in total. The molecule has 6 rings (SSSR count). The Balaban J connectivity index is 1.30. The third-order valence-corrected chi connectivity index (χ3v) is 8.58. The number of carbonyl (C=O) groups excluding carboxylic acids is 1. The number of fused-ring (bicyclic) bond motifs is 3. The van der Waals surface area contributed by atoms with Crippen LogP contribution in [0.25, 0.3) is 21.9 Å². The normalized spacial score (nSPS) is 15.5. The molecule has 204 valence electrons. The number of aromatic nitrogens is 2. The van der Waals surface area contributed by atoms with Crippen molar-refractivity contribution in [1.82, 2.24) is 14.9 Å². The predicted octanol–water partition coefficient (Wildman–Crippen LogP) is 6.98. The van der Waals surface area contributed by atoms with Crippen molar-refractivity contribution in [3.8, 4) is 0 Å². The fourth-order valence-electron chi connectivity index (χ4n) is 6.66. The highest BCUT2D eigenvalue weighted by Gasteiger charge is 2.33. The van der Waals surface area contributed by atoms with E-state index in [0.29, 0.717) is 12.5 Å². The molecule has 5 aromatic rings. The number of hydrogen-bond donors (Lipinski definition) is 2. The fraction of sp³-hybridized carbons (Fsp3) is 0.314. The molecule has 3 aromatic carbocycles. The number of amides is 1. The van der Waals surface area contributed by atoms with Gasteiger partial charge in [-0.3, -0.25) is 4.79 Å². The summed E-state index contributed by atoms with van der Waals surface area (Å²) in [6.45, 7) is 4.80. The maximum absolute atomic E-state index is 13.7. The number of rotatable bonds is 8. The first-order valence-corrected chi connectivity index (χ1v) is 14.4. The summed E-state index contributed by atoms with van der Waals surface area (Å²) in [4.78, 5) is 18.7. The van der Waals surface area contributed by atoms with Crippen molar-refractivity contribution in [3.63, 3.8) is 0 Å². The second-order valence-electron chi connectivity index (χ2n) is 11.3. The van der Waals surface area contributed by atoms with Gasteiger partial charge in [0.15, 0.2) is 0 Å². The van der Waals surface area contributed by atoms with Gasteiger partial charge in [0.25, 0.3) is 0 Å². The molecule has 0 spiro atoms. The second-order valence-corrected chi connectivity index (χ2v) is 11.3. The van der Waals surface area contributed by atoms with Gasteiger partial charge in [-0.1, -0.05) is 85.6 Å². The fourth-order valence-corrected chi connectivity index (χ4v) is 6.66. The lowest BCUT2D eigenvalue weighted by Crippen LogP contribution is -2.37. The van der Waals surface area contributed by atoms with Crippen molar-refractivity contribution < 1.29 is 9.90 Å². The first-order chi connectivity index (χ1) is 19.5. The molecule has 40 heavy (non-hydrogen) atoms. The quantitative estimate of drug-likeness (QED) is 0.227. The lowest BCUT2D eigenvalue weighted by molar-refractivity contribution is -0.124. The van der Waals surface area contributed by atoms with Gasteiger partial charge in [-0.25, -0.2) is 4.98 Å². The topological polar surface area (TPSA) is 67.2 Å². The van der Waals surface area contributed by atoms with Crippen LogP contribution in [0.15, 0.2) is 84.9 Å². The number of benzene rings is 3. The average molecular weight is 532 g/mol. The van der Waals surface area contributed by atoms with Crippen molar-refractivity contribution in [2.45, 2.75) is 58.0 Å². The third-order valence-electron chi connectivity index (χ3n) is 8.58. The Hall–Kier alpha value is -3.96. The van der Waals surface area contributed by atoms with E-state index in [0.717, 1.165) is 48.2 Å². The minimum absolute atomic E-state index is 0.0000936. The van der Waals surface area contributed by atoms with Crippen LogP contribution in [0.3, 0.4) is 0 Å². The van der Waals surface area contributed by atoms with Gasteiger partial charge in [0.1, 0.15) is 5.65 Å². The van der Waals surface area contributed by atoms with Crippen LogP contribution >= 0.6 is 0 Å². The van der Waals surface area contributed by atoms with E-state index in [2.05, 4.69) is 78.3 Å². The van der Waals surface area contributed by atoms with Crippen LogP contribution in [0.1, 0.15) is 65.6 Å². The number of aryl methyl sites for hydroxylation is 2. The van der Waals surface area contributed by atoms with Gasteiger partial charge in [0.05, 0.1) is 24.1 Å². The number of aliphatic hydroxyl groups excluding tert-OH is 1. The Morgan fingerprint density at radius 3 is 2.38 bits per heavy atom. The van der Waals surface area contributed by atoms with Gasteiger partial charge in [-0.2, -0.15) is 0 Å². The Morgan fingerprint density at radius 1 is 0.950 bits per heavy atom. The van der Waals surface area contributed by atoms with Gasteiger partial charge in [-0.15, -0.1) is 0 Å². The zero-order chi connectivity index (χ0) is 27.6. The van der Waals surface area contributed by atoms with Crippen LogP contribution in [0.4, 0.5) is 0 Å². The van der Waals surface area contributed by atoms with E-state index in [1.807, 2.05) is 30.3 Å². The summed E-state index contributed by atoms with van der Waals surface area (Å²) in [6.07, 6.45) is 4.43. The summed E-state index contributed by atoms with van der Waals surface area (Å²) in [6, 6.07) is 28.6. The van der Waals surface area contributed by atoms with Gasteiger partial charge >= 0.3 is 0 Å². The lowest BCUT2D eigenvalue weighted by Gasteiger charge is -2.26. The maximum Gasteiger partial charge on any atom is 0.228 e. The van der Waals surface area contributed by atoms with E-state index in [4.69, 9.17) is 4.98 Å². The first kappa shape index (κ1) is 26.3. The van der Waals surface area contributed by atoms with Crippen molar-refractivity contribution in [2.75, 3.05) is 6.61 Å². The van der Waals surface area contributed by atoms with Crippen molar-refractivity contribution in [1.29, 1.82) is 0 Å². The van der Waals surface area contributed by atoms with E-state index in [1.165, 1.54) is 27.4 Å². The molecule has 5 heteroatoms. The lowest BCUT2D eigenvalue weighted by atomic mass is 9.83. The summed E-state index contributed by atoms with van der Waals surface area (Å²) in [5.41, 5.74) is 7.61. The summed E-state index contributed by atoms with van der Waals surface area (Å²) in [7, 11) is 0. The van der Waals surface area contributed by atoms with Gasteiger partial charge in [-0.05, 0) is 67.0 Å². The van der Waals surface area contributed by atoms with Crippen LogP contribution in [0.5, 0.6) is 0 Å². The Morgan fingerprint density at radius 2 is 1.65 bits per heavy atom. The van der Waals surface area contributed by atoms with Crippen LogP contribution in [0.2, 0.25) is 0 Å². The van der Waals surface area contributed by atoms with Crippen LogP contribution in [0, 0.1) is 19.8 Å². The second kappa shape index (κ2) is 11.3. The molecular weight excluding hydrogens is 494 g/mol. The smallest absolute Gasteiger partial charge is 0.228 e. The summed E-state index contributed by atoms with van der Waals surface area (Å²) < 4.78 is 2.31. The number of nitrogens with zero attached hydrogens (tertiary/aromatic N) is 2. The highest BCUT2D eigenvalue weighted by molar-refractivity contribution is 6.08. The summed E-state index contributed by atoms with van der Waals surface area (Å²) in [5.74, 6) is 0.0862. The van der Waals surface area contributed by atoms with E-state index in [-0.39, 0.29) is 18.4 Å². The standard InChI is InChI=1S/C35H37N3O2/c1-23-20-24(2)36-34-32(23)29-14-8-9-15-31(29)38(34)21-25-16-18-28(19-17-25)33(27-12-6-7-13-27)35(40)37-30(22-39)26-10-4-3-5-11-26/h3-5,8-11,14-20,27,30,33,39H,6-7,12-13,21-22H2,1-2H3,(H,37,40)/t30-,33+/m0/s1. The molecule has 1 aliphatic rings. The molecule has 0 saturated heterocycles. The Kier molecular flexibility index (Phi) is 7.40. The van der Waals surface area contributed by atoms with Crippen molar-refractivity contribution in [3.05, 3.63) is 113 Å². The highest BCUT2D eigenvalue weighted by atomic mass is 16.3. The number of nitrogens with one attached hydrogen (secondary N) is 1. The number of pyridine rings is 1. The molecule has 1 saturated carbocycles. The van der Waals surface area contributed by atoms with Gasteiger partial charge < -0.3 is 15.0 Å². The number of para-hydroxylation sites is 1. The van der Waals surface area contributed by atoms with Crippen molar-refractivity contribution >= 4 is 27.8 Å². The Labute approximate surface area is 235 Å². The molecule has 0 bridgehead atoms. The van der Waals surface area contributed by atoms with Crippen LogP contribution in [-0.2, 0) is 11.3 Å². The Bertz CT molecular complexity index is 1630. The van der Waals surface area contributed by atoms with Gasteiger partial charge in [0, 0.05) is 23.0 Å². The molecule has 0 unspecified atom stereocenters. The van der Waals surface area contributed by atoms with Gasteiger partial charge in [0.2, 0.25) is 5.91 Å². The predicted molar refractivity (Wildman–Crippen MR) is 161 cm³/mol. The average Bonchev–Trinajstić information content (AvgIpc) is 3.60. The van der Waals surface area contributed by atoms with E-state index in [9.17, 15) is 9.90 Å². The summed E-state index contributed by atoms with van der Waals surface area (Å²) >= 11 is 0. The van der Waals surface area contributed by atoms with E-state index < -0.39 is 6.04 Å². The zero-order valence-corrected chi connectivity index (χ0v) is 23.3. The SMILES string of the molecule is Cc1cc(C)c2c3ccccc3n(Cc3ccc([C@H](C(=O)N[C@@H](CO)c4ccccc4)C4CCCC4)cc3)c2n1.